The van der Waals surface area contributed by atoms with Crippen LogP contribution in [0.5, 0.6) is 5.75 Å². The molecule has 2 aliphatic heterocycles. The zero-order valence-electron chi connectivity index (χ0n) is 11.4. The van der Waals surface area contributed by atoms with Crippen molar-refractivity contribution in [2.24, 2.45) is 0 Å². The second-order valence-corrected chi connectivity index (χ2v) is 6.47. The van der Waals surface area contributed by atoms with E-state index in [1.165, 1.54) is 30.5 Å². The van der Waals surface area contributed by atoms with E-state index in [2.05, 4.69) is 45.3 Å². The highest BCUT2D eigenvalue weighted by Crippen LogP contribution is 2.32. The Bertz CT molecular complexity index is 464. The van der Waals surface area contributed by atoms with Crippen molar-refractivity contribution in [3.63, 3.8) is 0 Å². The van der Waals surface area contributed by atoms with Gasteiger partial charge in [0.25, 0.3) is 0 Å². The minimum atomic E-state index is 0.695. The lowest BCUT2D eigenvalue weighted by Gasteiger charge is -2.20. The number of ether oxygens (including phenoxy) is 1. The number of fused-ring (bicyclic) bond motifs is 1. The van der Waals surface area contributed by atoms with Crippen molar-refractivity contribution in [3.8, 4) is 5.75 Å². The molecular weight excluding hydrogens is 304 g/mol. The molecule has 0 radical (unpaired) electrons. The number of nitrogens with zero attached hydrogens (tertiary/aromatic N) is 1. The van der Waals surface area contributed by atoms with Gasteiger partial charge in [0, 0.05) is 35.6 Å². The molecule has 1 N–H and O–H groups in total. The minimum absolute atomic E-state index is 0.695. The van der Waals surface area contributed by atoms with Crippen LogP contribution in [-0.4, -0.2) is 37.7 Å². The van der Waals surface area contributed by atoms with Gasteiger partial charge < -0.3 is 15.0 Å². The van der Waals surface area contributed by atoms with Crippen LogP contribution in [0.1, 0.15) is 24.0 Å². The number of halogens is 1. The molecule has 1 aromatic rings. The van der Waals surface area contributed by atoms with E-state index < -0.39 is 0 Å². The van der Waals surface area contributed by atoms with Gasteiger partial charge in [-0.3, -0.25) is 0 Å². The van der Waals surface area contributed by atoms with E-state index in [1.54, 1.807) is 0 Å². The fourth-order valence-corrected chi connectivity index (χ4v) is 3.64. The molecule has 0 saturated carbocycles. The summed E-state index contributed by atoms with van der Waals surface area (Å²) < 4.78 is 6.92. The Hall–Kier alpha value is -0.580. The molecule has 1 aromatic carbocycles. The van der Waals surface area contributed by atoms with E-state index in [0.717, 1.165) is 36.3 Å². The minimum Gasteiger partial charge on any atom is -0.493 e. The smallest absolute Gasteiger partial charge is 0.127 e. The van der Waals surface area contributed by atoms with Crippen LogP contribution in [0.4, 0.5) is 0 Å². The summed E-state index contributed by atoms with van der Waals surface area (Å²) in [5.41, 5.74) is 2.62. The summed E-state index contributed by atoms with van der Waals surface area (Å²) in [6.45, 7) is 4.02. The molecule has 1 fully saturated rings. The van der Waals surface area contributed by atoms with Crippen LogP contribution in [0.3, 0.4) is 0 Å². The van der Waals surface area contributed by atoms with Gasteiger partial charge in [-0.05, 0) is 44.1 Å². The van der Waals surface area contributed by atoms with E-state index in [9.17, 15) is 0 Å². The van der Waals surface area contributed by atoms with Crippen molar-refractivity contribution in [3.05, 3.63) is 27.7 Å². The van der Waals surface area contributed by atoms with Crippen LogP contribution in [0.2, 0.25) is 0 Å². The number of benzene rings is 1. The van der Waals surface area contributed by atoms with Gasteiger partial charge in [0.1, 0.15) is 5.75 Å². The van der Waals surface area contributed by atoms with Crippen molar-refractivity contribution in [2.45, 2.75) is 31.8 Å². The summed E-state index contributed by atoms with van der Waals surface area (Å²) in [6.07, 6.45) is 3.68. The van der Waals surface area contributed by atoms with E-state index >= 15 is 0 Å². The molecule has 19 heavy (non-hydrogen) atoms. The van der Waals surface area contributed by atoms with E-state index in [-0.39, 0.29) is 0 Å². The van der Waals surface area contributed by atoms with Crippen LogP contribution in [-0.2, 0) is 13.0 Å². The first-order chi connectivity index (χ1) is 9.24. The van der Waals surface area contributed by atoms with Gasteiger partial charge in [-0.1, -0.05) is 15.9 Å². The molecule has 0 spiro atoms. The molecule has 2 aliphatic rings. The molecule has 4 heteroatoms. The number of likely N-dealkylation sites (N-methyl/N-ethyl adjacent to an activating group) is 1. The lowest BCUT2D eigenvalue weighted by atomic mass is 10.1. The summed E-state index contributed by atoms with van der Waals surface area (Å²) in [7, 11) is 2.22. The second kappa shape index (κ2) is 5.81. The first-order valence-corrected chi connectivity index (χ1v) is 7.88. The van der Waals surface area contributed by atoms with Crippen molar-refractivity contribution in [2.75, 3.05) is 26.7 Å². The summed E-state index contributed by atoms with van der Waals surface area (Å²) in [4.78, 5) is 2.45. The molecule has 1 atom stereocenters. The number of likely N-dealkylation sites (tertiary alicyclic amines) is 1. The highest BCUT2D eigenvalue weighted by Gasteiger charge is 2.21. The average molecular weight is 325 g/mol. The monoisotopic (exact) mass is 324 g/mol. The summed E-state index contributed by atoms with van der Waals surface area (Å²) in [6, 6.07) is 5.05. The molecule has 0 aliphatic carbocycles. The fourth-order valence-electron chi connectivity index (χ4n) is 3.09. The first-order valence-electron chi connectivity index (χ1n) is 7.09. The summed E-state index contributed by atoms with van der Waals surface area (Å²) in [5, 5.41) is 3.59. The average Bonchev–Trinajstić information content (AvgIpc) is 2.98. The zero-order valence-corrected chi connectivity index (χ0v) is 13.0. The van der Waals surface area contributed by atoms with Gasteiger partial charge in [0.05, 0.1) is 6.61 Å². The van der Waals surface area contributed by atoms with E-state index in [1.807, 2.05) is 0 Å². The quantitative estimate of drug-likeness (QED) is 0.921. The van der Waals surface area contributed by atoms with E-state index in [4.69, 9.17) is 4.74 Å². The molecule has 3 nitrogen and oxygen atoms in total. The maximum absolute atomic E-state index is 5.76. The predicted molar refractivity (Wildman–Crippen MR) is 80.7 cm³/mol. The Balaban J connectivity index is 1.61. The van der Waals surface area contributed by atoms with Crippen LogP contribution in [0, 0.1) is 0 Å². The van der Waals surface area contributed by atoms with Crippen molar-refractivity contribution < 1.29 is 4.74 Å². The molecule has 2 heterocycles. The Morgan fingerprint density at radius 1 is 1.47 bits per heavy atom. The molecular formula is C15H21BrN2O. The van der Waals surface area contributed by atoms with E-state index in [0.29, 0.717) is 6.04 Å². The molecule has 0 amide bonds. The third-order valence-electron chi connectivity index (χ3n) is 4.19. The van der Waals surface area contributed by atoms with Gasteiger partial charge >= 0.3 is 0 Å². The van der Waals surface area contributed by atoms with Crippen LogP contribution >= 0.6 is 15.9 Å². The van der Waals surface area contributed by atoms with Crippen molar-refractivity contribution >= 4 is 15.9 Å². The third-order valence-corrected chi connectivity index (χ3v) is 4.65. The summed E-state index contributed by atoms with van der Waals surface area (Å²) >= 11 is 3.59. The molecule has 1 unspecified atom stereocenters. The number of hydrogen-bond donors (Lipinski definition) is 1. The zero-order chi connectivity index (χ0) is 13.2. The summed E-state index contributed by atoms with van der Waals surface area (Å²) in [5.74, 6) is 1.11. The first kappa shape index (κ1) is 13.4. The van der Waals surface area contributed by atoms with Crippen molar-refractivity contribution in [1.82, 2.24) is 10.2 Å². The number of hydrogen-bond acceptors (Lipinski definition) is 3. The van der Waals surface area contributed by atoms with Crippen LogP contribution in [0.25, 0.3) is 0 Å². The molecule has 3 rings (SSSR count). The van der Waals surface area contributed by atoms with Gasteiger partial charge in [-0.15, -0.1) is 0 Å². The Kier molecular flexibility index (Phi) is 4.10. The second-order valence-electron chi connectivity index (χ2n) is 5.56. The topological polar surface area (TPSA) is 24.5 Å². The van der Waals surface area contributed by atoms with Crippen LogP contribution < -0.4 is 10.1 Å². The molecule has 1 saturated heterocycles. The number of rotatable bonds is 4. The SMILES string of the molecule is CN1CCCC1CNCc1cc(Br)cc2c1OCC2. The molecule has 0 aromatic heterocycles. The normalized spacial score (nSPS) is 22.5. The van der Waals surface area contributed by atoms with Gasteiger partial charge in [-0.25, -0.2) is 0 Å². The van der Waals surface area contributed by atoms with Gasteiger partial charge in [0.15, 0.2) is 0 Å². The molecule has 0 bridgehead atoms. The fraction of sp³-hybridized carbons (Fsp3) is 0.600. The largest absolute Gasteiger partial charge is 0.493 e. The standard InChI is InChI=1S/C15H21BrN2O/c1-18-5-2-3-14(18)10-17-9-12-8-13(16)7-11-4-6-19-15(11)12/h7-8,14,17H,2-6,9-10H2,1H3. The molecule has 104 valence electrons. The predicted octanol–water partition coefficient (Wildman–Crippen LogP) is 2.57. The third kappa shape index (κ3) is 2.96. The Morgan fingerprint density at radius 3 is 3.16 bits per heavy atom. The maximum Gasteiger partial charge on any atom is 0.127 e. The number of nitrogens with one attached hydrogen (secondary N) is 1. The van der Waals surface area contributed by atoms with Crippen molar-refractivity contribution in [1.29, 1.82) is 0 Å². The Labute approximate surface area is 123 Å². The Morgan fingerprint density at radius 2 is 2.37 bits per heavy atom. The van der Waals surface area contributed by atoms with Crippen LogP contribution in [0.15, 0.2) is 16.6 Å². The highest BCUT2D eigenvalue weighted by molar-refractivity contribution is 9.10. The lowest BCUT2D eigenvalue weighted by Crippen LogP contribution is -2.35. The maximum atomic E-state index is 5.76. The lowest BCUT2D eigenvalue weighted by molar-refractivity contribution is 0.299. The van der Waals surface area contributed by atoms with Gasteiger partial charge in [0.2, 0.25) is 0 Å². The highest BCUT2D eigenvalue weighted by atomic mass is 79.9. The van der Waals surface area contributed by atoms with Gasteiger partial charge in [-0.2, -0.15) is 0 Å².